The van der Waals surface area contributed by atoms with Crippen LogP contribution in [0, 0.1) is 5.41 Å². The van der Waals surface area contributed by atoms with Gasteiger partial charge in [0.1, 0.15) is 5.75 Å². The molecule has 2 aromatic rings. The largest absolute Gasteiger partial charge is 0.507 e. The molecule has 0 saturated carbocycles. The number of H-pyrrole nitrogens is 1. The molecule has 0 aromatic carbocycles. The summed E-state index contributed by atoms with van der Waals surface area (Å²) in [6.07, 6.45) is 4.52. The summed E-state index contributed by atoms with van der Waals surface area (Å²) >= 11 is 0. The number of aromatic hydroxyl groups is 1. The van der Waals surface area contributed by atoms with Crippen molar-refractivity contribution in [1.82, 2.24) is 20.3 Å². The first-order valence-corrected chi connectivity index (χ1v) is 9.73. The Morgan fingerprint density at radius 3 is 2.86 bits per heavy atom. The van der Waals surface area contributed by atoms with Gasteiger partial charge in [-0.25, -0.2) is 9.97 Å². The average molecular weight is 399 g/mol. The summed E-state index contributed by atoms with van der Waals surface area (Å²) in [6.45, 7) is 7.12. The second-order valence-corrected chi connectivity index (χ2v) is 8.34. The van der Waals surface area contributed by atoms with E-state index in [1.54, 1.807) is 6.20 Å². The van der Waals surface area contributed by atoms with Crippen molar-refractivity contribution in [2.45, 2.75) is 32.7 Å². The number of fused-ring (bicyclic) bond motifs is 1. The molecular weight excluding hydrogens is 374 g/mol. The van der Waals surface area contributed by atoms with E-state index < -0.39 is 11.5 Å². The highest BCUT2D eigenvalue weighted by atomic mass is 16.5. The van der Waals surface area contributed by atoms with E-state index in [1.807, 2.05) is 0 Å². The van der Waals surface area contributed by atoms with Gasteiger partial charge in [-0.3, -0.25) is 9.59 Å². The lowest BCUT2D eigenvalue weighted by Crippen LogP contribution is -2.39. The SMILES string of the molecule is CC1(C)Cc2nc(N3CCOCC3)ncc2[C@H](NC(=O)c2c[nH]c(=O)cc2O)C1. The van der Waals surface area contributed by atoms with Gasteiger partial charge in [0.2, 0.25) is 5.95 Å². The van der Waals surface area contributed by atoms with Gasteiger partial charge in [0.25, 0.3) is 11.5 Å². The number of morpholine rings is 1. The normalized spacial score (nSPS) is 20.8. The molecule has 2 aliphatic rings. The zero-order valence-corrected chi connectivity index (χ0v) is 16.6. The highest BCUT2D eigenvalue weighted by Crippen LogP contribution is 2.40. The summed E-state index contributed by atoms with van der Waals surface area (Å²) in [7, 11) is 0. The van der Waals surface area contributed by atoms with Gasteiger partial charge in [-0.1, -0.05) is 13.8 Å². The van der Waals surface area contributed by atoms with Gasteiger partial charge in [-0.05, 0) is 18.3 Å². The minimum atomic E-state index is -0.466. The highest BCUT2D eigenvalue weighted by molar-refractivity contribution is 5.96. The zero-order valence-electron chi connectivity index (χ0n) is 16.6. The first-order valence-electron chi connectivity index (χ1n) is 9.73. The number of rotatable bonds is 3. The van der Waals surface area contributed by atoms with E-state index in [9.17, 15) is 14.7 Å². The first-order chi connectivity index (χ1) is 13.8. The van der Waals surface area contributed by atoms with Crippen molar-refractivity contribution in [2.24, 2.45) is 5.41 Å². The first kappa shape index (κ1) is 19.4. The molecule has 3 heterocycles. The molecule has 1 saturated heterocycles. The van der Waals surface area contributed by atoms with Crippen molar-refractivity contribution in [3.05, 3.63) is 45.6 Å². The van der Waals surface area contributed by atoms with Gasteiger partial charge in [0.05, 0.1) is 30.5 Å². The number of nitrogens with one attached hydrogen (secondary N) is 2. The van der Waals surface area contributed by atoms with E-state index in [-0.39, 0.29) is 22.8 Å². The van der Waals surface area contributed by atoms with Crippen LogP contribution in [0.4, 0.5) is 5.95 Å². The highest BCUT2D eigenvalue weighted by Gasteiger charge is 2.35. The standard InChI is InChI=1S/C20H25N5O4/c1-20(2)8-14(23-18(28)13-11-21-17(27)7-16(13)26)12-10-22-19(24-15(12)9-20)25-3-5-29-6-4-25/h7,10-11,14H,3-6,8-9H2,1-2H3,(H,23,28)(H2,21,26,27)/t14-/m1/s1. The van der Waals surface area contributed by atoms with Gasteiger partial charge in [-0.2, -0.15) is 0 Å². The van der Waals surface area contributed by atoms with E-state index in [2.05, 4.69) is 34.0 Å². The lowest BCUT2D eigenvalue weighted by atomic mass is 9.74. The van der Waals surface area contributed by atoms with E-state index in [1.165, 1.54) is 6.20 Å². The summed E-state index contributed by atoms with van der Waals surface area (Å²) in [5.41, 5.74) is 1.31. The lowest BCUT2D eigenvalue weighted by Gasteiger charge is -2.37. The van der Waals surface area contributed by atoms with Crippen LogP contribution in [0.15, 0.2) is 23.3 Å². The molecule has 0 bridgehead atoms. The number of aromatic nitrogens is 3. The van der Waals surface area contributed by atoms with Crippen molar-refractivity contribution in [1.29, 1.82) is 0 Å². The van der Waals surface area contributed by atoms with Crippen LogP contribution in [-0.4, -0.2) is 52.3 Å². The summed E-state index contributed by atoms with van der Waals surface area (Å²) in [5, 5.41) is 12.9. The second-order valence-electron chi connectivity index (χ2n) is 8.34. The predicted molar refractivity (Wildman–Crippen MR) is 106 cm³/mol. The maximum absolute atomic E-state index is 12.7. The molecule has 1 atom stereocenters. The summed E-state index contributed by atoms with van der Waals surface area (Å²) in [4.78, 5) is 37.9. The third kappa shape index (κ3) is 4.09. The molecule has 1 aliphatic heterocycles. The van der Waals surface area contributed by atoms with Crippen molar-refractivity contribution in [3.8, 4) is 5.75 Å². The van der Waals surface area contributed by atoms with Crippen molar-refractivity contribution in [3.63, 3.8) is 0 Å². The Hall–Kier alpha value is -2.94. The van der Waals surface area contributed by atoms with Crippen LogP contribution < -0.4 is 15.8 Å². The van der Waals surface area contributed by atoms with E-state index in [4.69, 9.17) is 9.72 Å². The average Bonchev–Trinajstić information content (AvgIpc) is 2.67. The summed E-state index contributed by atoms with van der Waals surface area (Å²) in [5.74, 6) is -0.113. The minimum absolute atomic E-state index is 0.0281. The smallest absolute Gasteiger partial charge is 0.257 e. The molecule has 29 heavy (non-hydrogen) atoms. The fourth-order valence-corrected chi connectivity index (χ4v) is 3.96. The lowest BCUT2D eigenvalue weighted by molar-refractivity contribution is 0.0915. The number of aromatic amines is 1. The van der Waals surface area contributed by atoms with Gasteiger partial charge >= 0.3 is 0 Å². The molecule has 0 spiro atoms. The number of nitrogens with zero attached hydrogens (tertiary/aromatic N) is 3. The minimum Gasteiger partial charge on any atom is -0.507 e. The van der Waals surface area contributed by atoms with E-state index >= 15 is 0 Å². The molecule has 0 unspecified atom stereocenters. The summed E-state index contributed by atoms with van der Waals surface area (Å²) in [6, 6.07) is 0.706. The Kier molecular flexibility index (Phi) is 4.99. The van der Waals surface area contributed by atoms with Crippen LogP contribution in [0.5, 0.6) is 5.75 Å². The quantitative estimate of drug-likeness (QED) is 0.708. The molecule has 0 radical (unpaired) electrons. The topological polar surface area (TPSA) is 120 Å². The summed E-state index contributed by atoms with van der Waals surface area (Å²) < 4.78 is 5.40. The van der Waals surface area contributed by atoms with E-state index in [0.717, 1.165) is 43.3 Å². The van der Waals surface area contributed by atoms with Crippen molar-refractivity contribution in [2.75, 3.05) is 31.2 Å². The fourth-order valence-electron chi connectivity index (χ4n) is 3.96. The Balaban J connectivity index is 1.61. The van der Waals surface area contributed by atoms with Gasteiger partial charge in [0.15, 0.2) is 0 Å². The van der Waals surface area contributed by atoms with Crippen LogP contribution in [-0.2, 0) is 11.2 Å². The van der Waals surface area contributed by atoms with Gasteiger partial charge in [0, 0.05) is 37.1 Å². The number of pyridine rings is 1. The molecule has 4 rings (SSSR count). The third-order valence-electron chi connectivity index (χ3n) is 5.41. The number of ether oxygens (including phenoxy) is 1. The molecule has 9 nitrogen and oxygen atoms in total. The Labute approximate surface area is 168 Å². The van der Waals surface area contributed by atoms with Gasteiger partial charge in [-0.15, -0.1) is 0 Å². The van der Waals surface area contributed by atoms with Crippen molar-refractivity contribution >= 4 is 11.9 Å². The number of amides is 1. The molecule has 154 valence electrons. The molecule has 1 fully saturated rings. The molecule has 2 aromatic heterocycles. The number of carbonyl (C=O) groups excluding carboxylic acids is 1. The van der Waals surface area contributed by atoms with Crippen LogP contribution >= 0.6 is 0 Å². The maximum atomic E-state index is 12.7. The van der Waals surface area contributed by atoms with Crippen LogP contribution in [0.2, 0.25) is 0 Å². The number of hydrogen-bond acceptors (Lipinski definition) is 7. The zero-order chi connectivity index (χ0) is 20.6. The Bertz CT molecular complexity index is 981. The van der Waals surface area contributed by atoms with Crippen LogP contribution in [0.1, 0.15) is 47.9 Å². The molecule has 9 heteroatoms. The second kappa shape index (κ2) is 7.47. The molecular formula is C20H25N5O4. The molecule has 1 amide bonds. The maximum Gasteiger partial charge on any atom is 0.257 e. The number of anilines is 1. The van der Waals surface area contributed by atoms with Crippen LogP contribution in [0.25, 0.3) is 0 Å². The van der Waals surface area contributed by atoms with Crippen molar-refractivity contribution < 1.29 is 14.6 Å². The predicted octanol–water partition coefficient (Wildman–Crippen LogP) is 1.15. The fraction of sp³-hybridized carbons (Fsp3) is 0.500. The van der Waals surface area contributed by atoms with E-state index in [0.29, 0.717) is 19.2 Å². The molecule has 1 aliphatic carbocycles. The van der Waals surface area contributed by atoms with Gasteiger partial charge < -0.3 is 25.0 Å². The van der Waals surface area contributed by atoms with Crippen LogP contribution in [0.3, 0.4) is 0 Å². The monoisotopic (exact) mass is 399 g/mol. The third-order valence-corrected chi connectivity index (χ3v) is 5.41. The number of hydrogen-bond donors (Lipinski definition) is 3. The number of carbonyl (C=O) groups is 1. The Morgan fingerprint density at radius 1 is 1.38 bits per heavy atom. The Morgan fingerprint density at radius 2 is 2.14 bits per heavy atom. The molecule has 3 N–H and O–H groups in total.